The summed E-state index contributed by atoms with van der Waals surface area (Å²) in [6.07, 6.45) is 5.68. The number of benzene rings is 1. The Balaban J connectivity index is 2.14. The molecule has 0 unspecified atom stereocenters. The molecule has 0 saturated carbocycles. The molecule has 0 aliphatic heterocycles. The van der Waals surface area contributed by atoms with Crippen LogP contribution in [-0.2, 0) is 7.05 Å². The van der Waals surface area contributed by atoms with Gasteiger partial charge < -0.3 is 4.74 Å². The van der Waals surface area contributed by atoms with Gasteiger partial charge in [-0.15, -0.1) is 0 Å². The van der Waals surface area contributed by atoms with E-state index in [-0.39, 0.29) is 0 Å². The van der Waals surface area contributed by atoms with Crippen molar-refractivity contribution >= 4 is 10.9 Å². The van der Waals surface area contributed by atoms with Gasteiger partial charge in [-0.2, -0.15) is 5.10 Å². The lowest BCUT2D eigenvalue weighted by atomic mass is 10.1. The Labute approximate surface area is 105 Å². The molecule has 0 fully saturated rings. The number of rotatable bonds is 2. The molecular formula is C14H13N3O. The Morgan fingerprint density at radius 1 is 1.11 bits per heavy atom. The van der Waals surface area contributed by atoms with Crippen molar-refractivity contribution in [3.63, 3.8) is 0 Å². The van der Waals surface area contributed by atoms with E-state index in [1.165, 1.54) is 0 Å². The molecule has 90 valence electrons. The second-order valence-corrected chi connectivity index (χ2v) is 4.19. The summed E-state index contributed by atoms with van der Waals surface area (Å²) in [6.45, 7) is 0. The fraction of sp³-hybridized carbons (Fsp3) is 0.143. The standard InChI is InChI=1S/C14H13N3O/c1-17-9-12(8-16-17)11-5-10-6-13(18-2)3-4-14(10)15-7-11/h3-9H,1-2H3. The Hall–Kier alpha value is -2.36. The second-order valence-electron chi connectivity index (χ2n) is 4.19. The van der Waals surface area contributed by atoms with Crippen LogP contribution in [-0.4, -0.2) is 21.9 Å². The Kier molecular flexibility index (Phi) is 2.48. The van der Waals surface area contributed by atoms with Gasteiger partial charge in [-0.3, -0.25) is 9.67 Å². The molecule has 0 aliphatic carbocycles. The maximum atomic E-state index is 5.23. The van der Waals surface area contributed by atoms with Crippen molar-refractivity contribution in [2.75, 3.05) is 7.11 Å². The van der Waals surface area contributed by atoms with Gasteiger partial charge in [0.25, 0.3) is 0 Å². The van der Waals surface area contributed by atoms with Gasteiger partial charge >= 0.3 is 0 Å². The first kappa shape index (κ1) is 10.8. The van der Waals surface area contributed by atoms with Crippen molar-refractivity contribution in [1.29, 1.82) is 0 Å². The molecule has 0 bridgehead atoms. The number of aromatic nitrogens is 3. The first-order valence-corrected chi connectivity index (χ1v) is 5.69. The third kappa shape index (κ3) is 1.82. The van der Waals surface area contributed by atoms with Crippen molar-refractivity contribution in [2.45, 2.75) is 0 Å². The fourth-order valence-corrected chi connectivity index (χ4v) is 1.96. The van der Waals surface area contributed by atoms with Gasteiger partial charge in [-0.1, -0.05) is 0 Å². The topological polar surface area (TPSA) is 39.9 Å². The van der Waals surface area contributed by atoms with Crippen LogP contribution in [0.5, 0.6) is 5.75 Å². The third-order valence-electron chi connectivity index (χ3n) is 2.93. The van der Waals surface area contributed by atoms with Gasteiger partial charge in [0.05, 0.1) is 18.8 Å². The highest BCUT2D eigenvalue weighted by atomic mass is 16.5. The largest absolute Gasteiger partial charge is 0.497 e. The monoisotopic (exact) mass is 239 g/mol. The molecular weight excluding hydrogens is 226 g/mol. The normalized spacial score (nSPS) is 10.8. The van der Waals surface area contributed by atoms with E-state index in [1.54, 1.807) is 11.8 Å². The van der Waals surface area contributed by atoms with E-state index in [2.05, 4.69) is 16.1 Å². The highest BCUT2D eigenvalue weighted by Crippen LogP contribution is 2.24. The predicted octanol–water partition coefficient (Wildman–Crippen LogP) is 2.64. The lowest BCUT2D eigenvalue weighted by Gasteiger charge is -2.03. The average molecular weight is 239 g/mol. The Morgan fingerprint density at radius 3 is 2.72 bits per heavy atom. The van der Waals surface area contributed by atoms with E-state index in [0.29, 0.717) is 0 Å². The Bertz CT molecular complexity index is 703. The van der Waals surface area contributed by atoms with Crippen LogP contribution in [0.2, 0.25) is 0 Å². The van der Waals surface area contributed by atoms with E-state index >= 15 is 0 Å². The average Bonchev–Trinajstić information content (AvgIpc) is 2.84. The summed E-state index contributed by atoms with van der Waals surface area (Å²) >= 11 is 0. The quantitative estimate of drug-likeness (QED) is 0.690. The molecule has 2 heterocycles. The van der Waals surface area contributed by atoms with Crippen LogP contribution in [0, 0.1) is 0 Å². The maximum Gasteiger partial charge on any atom is 0.119 e. The highest BCUT2D eigenvalue weighted by molar-refractivity contribution is 5.84. The number of pyridine rings is 1. The summed E-state index contributed by atoms with van der Waals surface area (Å²) in [5, 5.41) is 5.24. The molecule has 4 heteroatoms. The van der Waals surface area contributed by atoms with Gasteiger partial charge in [-0.25, -0.2) is 0 Å². The molecule has 2 aromatic heterocycles. The first-order chi connectivity index (χ1) is 8.76. The molecule has 1 aromatic carbocycles. The number of fused-ring (bicyclic) bond motifs is 1. The Morgan fingerprint density at radius 2 is 2.00 bits per heavy atom. The maximum absolute atomic E-state index is 5.23. The van der Waals surface area contributed by atoms with E-state index in [0.717, 1.165) is 27.8 Å². The number of hydrogen-bond donors (Lipinski definition) is 0. The van der Waals surface area contributed by atoms with Crippen molar-refractivity contribution in [3.05, 3.63) is 42.9 Å². The molecule has 0 amide bonds. The number of methoxy groups -OCH3 is 1. The summed E-state index contributed by atoms with van der Waals surface area (Å²) in [5.41, 5.74) is 3.09. The minimum Gasteiger partial charge on any atom is -0.497 e. The van der Waals surface area contributed by atoms with E-state index in [9.17, 15) is 0 Å². The number of aryl methyl sites for hydroxylation is 1. The van der Waals surface area contributed by atoms with Crippen LogP contribution in [0.1, 0.15) is 0 Å². The molecule has 0 radical (unpaired) electrons. The molecule has 3 rings (SSSR count). The van der Waals surface area contributed by atoms with Crippen LogP contribution in [0.15, 0.2) is 42.9 Å². The fourth-order valence-electron chi connectivity index (χ4n) is 1.96. The summed E-state index contributed by atoms with van der Waals surface area (Å²) in [7, 11) is 3.57. The molecule has 0 saturated heterocycles. The van der Waals surface area contributed by atoms with Crippen molar-refractivity contribution < 1.29 is 4.74 Å². The zero-order valence-corrected chi connectivity index (χ0v) is 10.3. The van der Waals surface area contributed by atoms with E-state index in [4.69, 9.17) is 4.74 Å². The van der Waals surface area contributed by atoms with Crippen LogP contribution in [0.4, 0.5) is 0 Å². The summed E-state index contributed by atoms with van der Waals surface area (Å²) in [6, 6.07) is 7.96. The van der Waals surface area contributed by atoms with Crippen molar-refractivity contribution in [3.8, 4) is 16.9 Å². The number of nitrogens with zero attached hydrogens (tertiary/aromatic N) is 3. The zero-order valence-electron chi connectivity index (χ0n) is 10.3. The SMILES string of the molecule is COc1ccc2ncc(-c3cnn(C)c3)cc2c1. The molecule has 0 atom stereocenters. The first-order valence-electron chi connectivity index (χ1n) is 5.69. The number of hydrogen-bond acceptors (Lipinski definition) is 3. The molecule has 0 aliphatic rings. The molecule has 3 aromatic rings. The van der Waals surface area contributed by atoms with Crippen LogP contribution >= 0.6 is 0 Å². The summed E-state index contributed by atoms with van der Waals surface area (Å²) in [4.78, 5) is 4.45. The minimum atomic E-state index is 0.840. The minimum absolute atomic E-state index is 0.840. The summed E-state index contributed by atoms with van der Waals surface area (Å²) in [5.74, 6) is 0.840. The van der Waals surface area contributed by atoms with E-state index in [1.807, 2.05) is 43.8 Å². The van der Waals surface area contributed by atoms with Gasteiger partial charge in [0.2, 0.25) is 0 Å². The molecule has 0 spiro atoms. The molecule has 4 nitrogen and oxygen atoms in total. The highest BCUT2D eigenvalue weighted by Gasteiger charge is 2.03. The van der Waals surface area contributed by atoms with Crippen molar-refractivity contribution in [2.24, 2.45) is 7.05 Å². The zero-order chi connectivity index (χ0) is 12.5. The van der Waals surface area contributed by atoms with Gasteiger partial charge in [0.1, 0.15) is 5.75 Å². The van der Waals surface area contributed by atoms with Crippen molar-refractivity contribution in [1.82, 2.24) is 14.8 Å². The van der Waals surface area contributed by atoms with Crippen LogP contribution < -0.4 is 4.74 Å². The lowest BCUT2D eigenvalue weighted by molar-refractivity contribution is 0.415. The van der Waals surface area contributed by atoms with E-state index < -0.39 is 0 Å². The number of ether oxygens (including phenoxy) is 1. The summed E-state index contributed by atoms with van der Waals surface area (Å²) < 4.78 is 7.01. The van der Waals surface area contributed by atoms with Crippen LogP contribution in [0.25, 0.3) is 22.0 Å². The second kappa shape index (κ2) is 4.14. The lowest BCUT2D eigenvalue weighted by Crippen LogP contribution is -1.86. The van der Waals surface area contributed by atoms with Gasteiger partial charge in [0, 0.05) is 36.0 Å². The van der Waals surface area contributed by atoms with Crippen LogP contribution in [0.3, 0.4) is 0 Å². The smallest absolute Gasteiger partial charge is 0.119 e. The molecule has 18 heavy (non-hydrogen) atoms. The van der Waals surface area contributed by atoms with Gasteiger partial charge in [0.15, 0.2) is 0 Å². The predicted molar refractivity (Wildman–Crippen MR) is 70.5 cm³/mol. The third-order valence-corrected chi connectivity index (χ3v) is 2.93. The molecule has 0 N–H and O–H groups in total. The van der Waals surface area contributed by atoms with Gasteiger partial charge in [-0.05, 0) is 24.3 Å².